The molecule has 0 amide bonds. The molecule has 19 heavy (non-hydrogen) atoms. The van der Waals surface area contributed by atoms with E-state index in [0.29, 0.717) is 5.39 Å². The average Bonchev–Trinajstić information content (AvgIpc) is 2.82. The highest BCUT2D eigenvalue weighted by Crippen LogP contribution is 2.22. The Morgan fingerprint density at radius 3 is 2.74 bits per heavy atom. The lowest BCUT2D eigenvalue weighted by molar-refractivity contribution is 0.0699. The Kier molecular flexibility index (Phi) is 2.56. The molecule has 0 aliphatic carbocycles. The molecule has 0 saturated heterocycles. The molecule has 94 valence electrons. The van der Waals surface area contributed by atoms with Crippen LogP contribution in [0.1, 0.15) is 15.9 Å². The summed E-state index contributed by atoms with van der Waals surface area (Å²) in [5, 5.41) is 14.1. The number of benzene rings is 2. The van der Waals surface area contributed by atoms with Gasteiger partial charge in [-0.3, -0.25) is 0 Å². The van der Waals surface area contributed by atoms with Gasteiger partial charge in [0.1, 0.15) is 0 Å². The first kappa shape index (κ1) is 11.5. The molecule has 0 unspecified atom stereocenters. The Morgan fingerprint density at radius 2 is 2.00 bits per heavy atom. The van der Waals surface area contributed by atoms with E-state index in [1.54, 1.807) is 23.0 Å². The predicted octanol–water partition coefficient (Wildman–Crippen LogP) is 3.03. The highest BCUT2D eigenvalue weighted by molar-refractivity contribution is 6.02. The zero-order valence-corrected chi connectivity index (χ0v) is 10.4. The second-order valence-electron chi connectivity index (χ2n) is 4.44. The third-order valence-corrected chi connectivity index (χ3v) is 3.09. The minimum absolute atomic E-state index is 0.274. The number of aryl methyl sites for hydroxylation is 1. The Hall–Kier alpha value is -2.62. The molecule has 2 aromatic carbocycles. The number of aromatic carboxylic acids is 1. The lowest BCUT2D eigenvalue weighted by Crippen LogP contribution is -1.98. The van der Waals surface area contributed by atoms with Gasteiger partial charge in [0.05, 0.1) is 23.0 Å². The summed E-state index contributed by atoms with van der Waals surface area (Å²) in [6.07, 6.45) is 1.60. The van der Waals surface area contributed by atoms with Gasteiger partial charge in [0.15, 0.2) is 0 Å². The van der Waals surface area contributed by atoms with Crippen molar-refractivity contribution in [2.24, 2.45) is 0 Å². The molecule has 3 aromatic rings. The highest BCUT2D eigenvalue weighted by Gasteiger charge is 2.12. The smallest absolute Gasteiger partial charge is 0.336 e. The van der Waals surface area contributed by atoms with Crippen molar-refractivity contribution < 1.29 is 9.90 Å². The van der Waals surface area contributed by atoms with Crippen molar-refractivity contribution in [3.63, 3.8) is 0 Å². The Bertz CT molecular complexity index is 775. The van der Waals surface area contributed by atoms with Crippen molar-refractivity contribution in [2.45, 2.75) is 6.92 Å². The third-order valence-electron chi connectivity index (χ3n) is 3.09. The topological polar surface area (TPSA) is 55.1 Å². The zero-order valence-electron chi connectivity index (χ0n) is 10.4. The van der Waals surface area contributed by atoms with E-state index in [-0.39, 0.29) is 5.56 Å². The molecule has 4 heteroatoms. The van der Waals surface area contributed by atoms with Gasteiger partial charge in [0.2, 0.25) is 0 Å². The van der Waals surface area contributed by atoms with Crippen LogP contribution in [0, 0.1) is 6.92 Å². The highest BCUT2D eigenvalue weighted by atomic mass is 16.4. The molecule has 0 radical (unpaired) electrons. The first-order valence-corrected chi connectivity index (χ1v) is 5.94. The summed E-state index contributed by atoms with van der Waals surface area (Å²) in [7, 11) is 0. The molecule has 0 atom stereocenters. The van der Waals surface area contributed by atoms with Gasteiger partial charge >= 0.3 is 5.97 Å². The van der Waals surface area contributed by atoms with Gasteiger partial charge in [-0.1, -0.05) is 18.2 Å². The molecule has 1 heterocycles. The lowest BCUT2D eigenvalue weighted by Gasteiger charge is -2.05. The SMILES string of the molecule is Cc1cccc(-n2ncc3c(C(=O)O)cccc32)c1. The van der Waals surface area contributed by atoms with E-state index >= 15 is 0 Å². The normalized spacial score (nSPS) is 10.8. The number of aromatic nitrogens is 2. The molecule has 0 spiro atoms. The molecular formula is C15H12N2O2. The van der Waals surface area contributed by atoms with Gasteiger partial charge in [-0.05, 0) is 36.8 Å². The predicted molar refractivity (Wildman–Crippen MR) is 72.8 cm³/mol. The van der Waals surface area contributed by atoms with Crippen LogP contribution < -0.4 is 0 Å². The maximum absolute atomic E-state index is 11.2. The molecule has 0 fully saturated rings. The molecule has 1 N–H and O–H groups in total. The van der Waals surface area contributed by atoms with Gasteiger partial charge in [0.25, 0.3) is 0 Å². The van der Waals surface area contributed by atoms with Crippen LogP contribution in [-0.2, 0) is 0 Å². The molecule has 0 aliphatic heterocycles. The van der Waals surface area contributed by atoms with Crippen molar-refractivity contribution in [2.75, 3.05) is 0 Å². The quantitative estimate of drug-likeness (QED) is 0.762. The van der Waals surface area contributed by atoms with Crippen LogP contribution in [0.15, 0.2) is 48.7 Å². The van der Waals surface area contributed by atoms with Crippen molar-refractivity contribution in [3.05, 3.63) is 59.8 Å². The van der Waals surface area contributed by atoms with Gasteiger partial charge < -0.3 is 5.11 Å². The fraction of sp³-hybridized carbons (Fsp3) is 0.0667. The number of nitrogens with zero attached hydrogens (tertiary/aromatic N) is 2. The van der Waals surface area contributed by atoms with E-state index in [2.05, 4.69) is 5.10 Å². The maximum atomic E-state index is 11.2. The van der Waals surface area contributed by atoms with Gasteiger partial charge in [-0.15, -0.1) is 0 Å². The van der Waals surface area contributed by atoms with Crippen LogP contribution in [0.2, 0.25) is 0 Å². The van der Waals surface area contributed by atoms with Crippen molar-refractivity contribution in [3.8, 4) is 5.69 Å². The summed E-state index contributed by atoms with van der Waals surface area (Å²) >= 11 is 0. The fourth-order valence-electron chi connectivity index (χ4n) is 2.20. The number of carboxylic acid groups (broad SMARTS) is 1. The Labute approximate surface area is 109 Å². The van der Waals surface area contributed by atoms with Crippen molar-refractivity contribution in [1.82, 2.24) is 9.78 Å². The third kappa shape index (κ3) is 1.87. The number of carbonyl (C=O) groups is 1. The largest absolute Gasteiger partial charge is 0.478 e. The summed E-state index contributed by atoms with van der Waals surface area (Å²) in [4.78, 5) is 11.2. The Balaban J connectivity index is 2.27. The monoisotopic (exact) mass is 252 g/mol. The van der Waals surface area contributed by atoms with Crippen LogP contribution in [0.25, 0.3) is 16.6 Å². The van der Waals surface area contributed by atoms with Crippen molar-refractivity contribution in [1.29, 1.82) is 0 Å². The van der Waals surface area contributed by atoms with Crippen LogP contribution >= 0.6 is 0 Å². The van der Waals surface area contributed by atoms with E-state index in [9.17, 15) is 4.79 Å². The van der Waals surface area contributed by atoms with Crippen LogP contribution in [0.4, 0.5) is 0 Å². The number of carboxylic acids is 1. The fourth-order valence-corrected chi connectivity index (χ4v) is 2.20. The minimum atomic E-state index is -0.936. The minimum Gasteiger partial charge on any atom is -0.478 e. The lowest BCUT2D eigenvalue weighted by atomic mass is 10.1. The number of hydrogen-bond acceptors (Lipinski definition) is 2. The molecule has 3 rings (SSSR count). The number of fused-ring (bicyclic) bond motifs is 1. The summed E-state index contributed by atoms with van der Waals surface area (Å²) in [6.45, 7) is 2.01. The van der Waals surface area contributed by atoms with Gasteiger partial charge in [-0.25, -0.2) is 9.48 Å². The van der Waals surface area contributed by atoms with E-state index in [4.69, 9.17) is 5.11 Å². The van der Waals surface area contributed by atoms with Crippen LogP contribution in [-0.4, -0.2) is 20.9 Å². The summed E-state index contributed by atoms with van der Waals surface area (Å²) < 4.78 is 1.76. The van der Waals surface area contributed by atoms with Crippen LogP contribution in [0.5, 0.6) is 0 Å². The van der Waals surface area contributed by atoms with Gasteiger partial charge in [-0.2, -0.15) is 5.10 Å². The van der Waals surface area contributed by atoms with E-state index < -0.39 is 5.97 Å². The average molecular weight is 252 g/mol. The zero-order chi connectivity index (χ0) is 13.4. The molecule has 0 bridgehead atoms. The molecule has 0 aliphatic rings. The standard InChI is InChI=1S/C15H12N2O2/c1-10-4-2-5-11(8-10)17-14-7-3-6-12(15(18)19)13(14)9-16-17/h2-9H,1H3,(H,18,19). The van der Waals surface area contributed by atoms with E-state index in [1.807, 2.05) is 37.3 Å². The molecule has 0 saturated carbocycles. The molecular weight excluding hydrogens is 240 g/mol. The first-order valence-electron chi connectivity index (χ1n) is 5.94. The van der Waals surface area contributed by atoms with Gasteiger partial charge in [0, 0.05) is 5.39 Å². The van der Waals surface area contributed by atoms with E-state index in [1.165, 1.54) is 0 Å². The van der Waals surface area contributed by atoms with E-state index in [0.717, 1.165) is 16.8 Å². The summed E-state index contributed by atoms with van der Waals surface area (Å²) in [5.74, 6) is -0.936. The maximum Gasteiger partial charge on any atom is 0.336 e. The molecule has 1 aromatic heterocycles. The van der Waals surface area contributed by atoms with Crippen molar-refractivity contribution >= 4 is 16.9 Å². The second kappa shape index (κ2) is 4.24. The number of hydrogen-bond donors (Lipinski definition) is 1. The first-order chi connectivity index (χ1) is 9.16. The second-order valence-corrected chi connectivity index (χ2v) is 4.44. The summed E-state index contributed by atoms with van der Waals surface area (Å²) in [6, 6.07) is 13.1. The molecule has 4 nitrogen and oxygen atoms in total. The number of rotatable bonds is 2. The van der Waals surface area contributed by atoms with Crippen LogP contribution in [0.3, 0.4) is 0 Å². The summed E-state index contributed by atoms with van der Waals surface area (Å²) in [5.41, 5.74) is 3.13. The Morgan fingerprint density at radius 1 is 1.21 bits per heavy atom.